The predicted molar refractivity (Wildman–Crippen MR) is 76.3 cm³/mol. The molecule has 19 heavy (non-hydrogen) atoms. The normalized spacial score (nSPS) is 14.1. The fraction of sp³-hybridized carbons (Fsp3) is 0.400. The Morgan fingerprint density at radius 2 is 2.05 bits per heavy atom. The van der Waals surface area contributed by atoms with Crippen molar-refractivity contribution in [1.82, 2.24) is 5.32 Å². The Kier molecular flexibility index (Phi) is 4.84. The highest BCUT2D eigenvalue weighted by atomic mass is 16.5. The fourth-order valence-electron chi connectivity index (χ4n) is 2.15. The number of carbonyl (C=O) groups is 1. The quantitative estimate of drug-likeness (QED) is 0.868. The largest absolute Gasteiger partial charge is 0.492 e. The number of urea groups is 1. The number of rotatable bonds is 4. The molecule has 1 aromatic carbocycles. The Hall–Kier alpha value is -1.97. The van der Waals surface area contributed by atoms with Gasteiger partial charge in [0.25, 0.3) is 0 Å². The van der Waals surface area contributed by atoms with Crippen LogP contribution >= 0.6 is 0 Å². The molecule has 2 amide bonds. The number of hydrogen-bond donors (Lipinski definition) is 2. The highest BCUT2D eigenvalue weighted by Crippen LogP contribution is 2.24. The van der Waals surface area contributed by atoms with Crippen LogP contribution in [0.5, 0.6) is 5.75 Å². The van der Waals surface area contributed by atoms with Crippen LogP contribution in [0, 0.1) is 0 Å². The zero-order valence-electron chi connectivity index (χ0n) is 11.2. The van der Waals surface area contributed by atoms with Gasteiger partial charge in [0, 0.05) is 6.20 Å². The molecule has 1 saturated carbocycles. The number of para-hydroxylation sites is 2. The van der Waals surface area contributed by atoms with Gasteiger partial charge in [-0.05, 0) is 44.7 Å². The van der Waals surface area contributed by atoms with E-state index in [9.17, 15) is 4.79 Å². The van der Waals surface area contributed by atoms with E-state index >= 15 is 0 Å². The number of amides is 2. The molecule has 0 saturated heterocycles. The first-order valence-electron chi connectivity index (χ1n) is 6.77. The minimum absolute atomic E-state index is 0.230. The van der Waals surface area contributed by atoms with Crippen molar-refractivity contribution >= 4 is 11.7 Å². The number of ether oxygens (including phenoxy) is 1. The van der Waals surface area contributed by atoms with Gasteiger partial charge >= 0.3 is 6.03 Å². The summed E-state index contributed by atoms with van der Waals surface area (Å²) in [7, 11) is 0. The van der Waals surface area contributed by atoms with E-state index in [1.165, 1.54) is 18.4 Å². The number of nitrogens with one attached hydrogen (secondary N) is 2. The lowest BCUT2D eigenvalue weighted by atomic mass is 10.2. The maximum atomic E-state index is 11.8. The summed E-state index contributed by atoms with van der Waals surface area (Å²) in [5, 5.41) is 5.57. The molecule has 1 aliphatic carbocycles. The summed E-state index contributed by atoms with van der Waals surface area (Å²) in [6.45, 7) is 2.49. The van der Waals surface area contributed by atoms with Crippen molar-refractivity contribution in [2.45, 2.75) is 32.6 Å². The SMILES string of the molecule is CCOc1ccccc1NC(=O)NC=C1CCCC1. The van der Waals surface area contributed by atoms with E-state index in [1.807, 2.05) is 37.4 Å². The molecular weight excluding hydrogens is 240 g/mol. The molecule has 0 radical (unpaired) electrons. The van der Waals surface area contributed by atoms with Crippen molar-refractivity contribution < 1.29 is 9.53 Å². The van der Waals surface area contributed by atoms with E-state index in [-0.39, 0.29) is 6.03 Å². The van der Waals surface area contributed by atoms with E-state index in [0.29, 0.717) is 18.0 Å². The van der Waals surface area contributed by atoms with Gasteiger partial charge in [0.2, 0.25) is 0 Å². The van der Waals surface area contributed by atoms with Crippen molar-refractivity contribution in [2.75, 3.05) is 11.9 Å². The van der Waals surface area contributed by atoms with Gasteiger partial charge in [-0.25, -0.2) is 4.79 Å². The summed E-state index contributed by atoms with van der Waals surface area (Å²) in [5.74, 6) is 0.689. The van der Waals surface area contributed by atoms with Crippen LogP contribution in [0.3, 0.4) is 0 Å². The molecule has 2 N–H and O–H groups in total. The summed E-state index contributed by atoms with van der Waals surface area (Å²) in [6.07, 6.45) is 6.46. The van der Waals surface area contributed by atoms with Crippen molar-refractivity contribution in [1.29, 1.82) is 0 Å². The lowest BCUT2D eigenvalue weighted by Crippen LogP contribution is -2.24. The molecule has 0 aromatic heterocycles. The van der Waals surface area contributed by atoms with Crippen LogP contribution in [-0.4, -0.2) is 12.6 Å². The molecule has 1 aromatic rings. The zero-order valence-corrected chi connectivity index (χ0v) is 11.2. The zero-order chi connectivity index (χ0) is 13.5. The van der Waals surface area contributed by atoms with Crippen molar-refractivity contribution in [3.8, 4) is 5.75 Å². The molecule has 0 heterocycles. The highest BCUT2D eigenvalue weighted by Gasteiger charge is 2.08. The fourth-order valence-corrected chi connectivity index (χ4v) is 2.15. The van der Waals surface area contributed by atoms with E-state index in [0.717, 1.165) is 12.8 Å². The second-order valence-electron chi connectivity index (χ2n) is 4.54. The third-order valence-corrected chi connectivity index (χ3v) is 3.09. The van der Waals surface area contributed by atoms with E-state index in [4.69, 9.17) is 4.74 Å². The molecule has 102 valence electrons. The first-order valence-corrected chi connectivity index (χ1v) is 6.77. The third-order valence-electron chi connectivity index (χ3n) is 3.09. The van der Waals surface area contributed by atoms with Crippen LogP contribution in [0.25, 0.3) is 0 Å². The summed E-state index contributed by atoms with van der Waals surface area (Å²) in [5.41, 5.74) is 2.00. The van der Waals surface area contributed by atoms with Crippen LogP contribution in [0.1, 0.15) is 32.6 Å². The molecule has 0 atom stereocenters. The van der Waals surface area contributed by atoms with E-state index in [2.05, 4.69) is 10.6 Å². The van der Waals surface area contributed by atoms with Gasteiger partial charge in [-0.3, -0.25) is 0 Å². The van der Waals surface area contributed by atoms with Crippen LogP contribution < -0.4 is 15.4 Å². The van der Waals surface area contributed by atoms with Gasteiger partial charge in [0.05, 0.1) is 12.3 Å². The number of anilines is 1. The Bertz CT molecular complexity index is 461. The molecular formula is C15H20N2O2. The summed E-state index contributed by atoms with van der Waals surface area (Å²) in [6, 6.07) is 7.19. The molecule has 1 fully saturated rings. The highest BCUT2D eigenvalue weighted by molar-refractivity contribution is 5.91. The summed E-state index contributed by atoms with van der Waals surface area (Å²) < 4.78 is 5.46. The molecule has 1 aliphatic rings. The van der Waals surface area contributed by atoms with Crippen molar-refractivity contribution in [3.63, 3.8) is 0 Å². The van der Waals surface area contributed by atoms with Crippen LogP contribution in [0.15, 0.2) is 36.0 Å². The average Bonchev–Trinajstić information content (AvgIpc) is 2.92. The maximum Gasteiger partial charge on any atom is 0.323 e. The van der Waals surface area contributed by atoms with Crippen molar-refractivity contribution in [2.24, 2.45) is 0 Å². The van der Waals surface area contributed by atoms with E-state index < -0.39 is 0 Å². The average molecular weight is 260 g/mol. The molecule has 0 unspecified atom stereocenters. The van der Waals surface area contributed by atoms with E-state index in [1.54, 1.807) is 0 Å². The van der Waals surface area contributed by atoms with Gasteiger partial charge in [-0.15, -0.1) is 0 Å². The molecule has 4 heteroatoms. The van der Waals surface area contributed by atoms with Crippen molar-refractivity contribution in [3.05, 3.63) is 36.0 Å². The Labute approximate surface area is 113 Å². The Morgan fingerprint density at radius 3 is 2.79 bits per heavy atom. The minimum atomic E-state index is -0.230. The Balaban J connectivity index is 1.92. The van der Waals surface area contributed by atoms with Crippen LogP contribution in [0.4, 0.5) is 10.5 Å². The third kappa shape index (κ3) is 4.02. The molecule has 2 rings (SSSR count). The molecule has 0 bridgehead atoms. The van der Waals surface area contributed by atoms with Gasteiger partial charge in [-0.1, -0.05) is 17.7 Å². The number of benzene rings is 1. The monoisotopic (exact) mass is 260 g/mol. The standard InChI is InChI=1S/C15H20N2O2/c1-2-19-14-10-6-5-9-13(14)17-15(18)16-11-12-7-3-4-8-12/h5-6,9-11H,2-4,7-8H2,1H3,(H2,16,17,18). The minimum Gasteiger partial charge on any atom is -0.492 e. The molecule has 0 aliphatic heterocycles. The summed E-state index contributed by atoms with van der Waals surface area (Å²) in [4.78, 5) is 11.8. The molecule has 0 spiro atoms. The van der Waals surface area contributed by atoms with Crippen LogP contribution in [-0.2, 0) is 0 Å². The summed E-state index contributed by atoms with van der Waals surface area (Å²) >= 11 is 0. The van der Waals surface area contributed by atoms with Crippen LogP contribution in [0.2, 0.25) is 0 Å². The maximum absolute atomic E-state index is 11.8. The predicted octanol–water partition coefficient (Wildman–Crippen LogP) is 3.66. The Morgan fingerprint density at radius 1 is 1.32 bits per heavy atom. The first kappa shape index (κ1) is 13.5. The smallest absolute Gasteiger partial charge is 0.323 e. The topological polar surface area (TPSA) is 50.4 Å². The second-order valence-corrected chi connectivity index (χ2v) is 4.54. The van der Waals surface area contributed by atoms with Gasteiger partial charge < -0.3 is 15.4 Å². The number of carbonyl (C=O) groups excluding carboxylic acids is 1. The second kappa shape index (κ2) is 6.83. The lowest BCUT2D eigenvalue weighted by molar-refractivity contribution is 0.254. The number of allylic oxidation sites excluding steroid dienone is 1. The van der Waals surface area contributed by atoms with Gasteiger partial charge in [-0.2, -0.15) is 0 Å². The lowest BCUT2D eigenvalue weighted by Gasteiger charge is -2.11. The van der Waals surface area contributed by atoms with Gasteiger partial charge in [0.15, 0.2) is 0 Å². The van der Waals surface area contributed by atoms with Gasteiger partial charge in [0.1, 0.15) is 5.75 Å². The first-order chi connectivity index (χ1) is 9.29. The molecule has 4 nitrogen and oxygen atoms in total. The number of hydrogen-bond acceptors (Lipinski definition) is 2.